The number of halogens is 1. The van der Waals surface area contributed by atoms with Gasteiger partial charge in [-0.25, -0.2) is 0 Å². The van der Waals surface area contributed by atoms with Gasteiger partial charge in [0.1, 0.15) is 5.02 Å². The van der Waals surface area contributed by atoms with E-state index in [9.17, 15) is 14.9 Å². The third-order valence-corrected chi connectivity index (χ3v) is 3.82. The maximum atomic E-state index is 12.3. The molecule has 1 aromatic rings. The van der Waals surface area contributed by atoms with Crippen LogP contribution in [0.3, 0.4) is 0 Å². The van der Waals surface area contributed by atoms with E-state index in [2.05, 4.69) is 11.8 Å². The smallest absolute Gasteiger partial charge is 0.288 e. The van der Waals surface area contributed by atoms with Gasteiger partial charge in [0.05, 0.1) is 4.92 Å². The van der Waals surface area contributed by atoms with Gasteiger partial charge in [-0.3, -0.25) is 14.9 Å². The summed E-state index contributed by atoms with van der Waals surface area (Å²) in [6.07, 6.45) is 0. The third kappa shape index (κ3) is 3.08. The lowest BCUT2D eigenvalue weighted by molar-refractivity contribution is -0.384. The summed E-state index contributed by atoms with van der Waals surface area (Å²) in [5, 5.41) is 10.9. The summed E-state index contributed by atoms with van der Waals surface area (Å²) >= 11 is 5.75. The molecule has 1 aliphatic rings. The summed E-state index contributed by atoms with van der Waals surface area (Å²) in [5.74, 6) is -0.180. The largest absolute Gasteiger partial charge is 0.336 e. The van der Waals surface area contributed by atoms with E-state index in [0.717, 1.165) is 19.6 Å². The molecule has 1 saturated heterocycles. The van der Waals surface area contributed by atoms with Crippen LogP contribution < -0.4 is 0 Å². The van der Waals surface area contributed by atoms with Gasteiger partial charge in [-0.2, -0.15) is 0 Å². The molecule has 1 aromatic carbocycles. The second-order valence-electron chi connectivity index (χ2n) is 4.65. The first-order valence-corrected chi connectivity index (χ1v) is 6.86. The molecule has 0 aliphatic carbocycles. The molecule has 20 heavy (non-hydrogen) atoms. The zero-order valence-corrected chi connectivity index (χ0v) is 12.0. The summed E-state index contributed by atoms with van der Waals surface area (Å²) in [6.45, 7) is 6.00. The Bertz CT molecular complexity index is 528. The van der Waals surface area contributed by atoms with Crippen LogP contribution in [-0.4, -0.2) is 53.4 Å². The van der Waals surface area contributed by atoms with Gasteiger partial charge < -0.3 is 9.80 Å². The van der Waals surface area contributed by atoms with Crippen LogP contribution in [0.5, 0.6) is 0 Å². The van der Waals surface area contributed by atoms with Crippen molar-refractivity contribution in [2.45, 2.75) is 6.92 Å². The number of rotatable bonds is 3. The molecule has 0 aromatic heterocycles. The van der Waals surface area contributed by atoms with Crippen molar-refractivity contribution in [3.05, 3.63) is 38.9 Å². The van der Waals surface area contributed by atoms with Gasteiger partial charge >= 0.3 is 0 Å². The number of likely N-dealkylation sites (N-methyl/N-ethyl adjacent to an activating group) is 1. The molecule has 0 saturated carbocycles. The normalized spacial score (nSPS) is 16.2. The predicted molar refractivity (Wildman–Crippen MR) is 76.1 cm³/mol. The lowest BCUT2D eigenvalue weighted by Gasteiger charge is -2.34. The van der Waals surface area contributed by atoms with Crippen LogP contribution in [0.15, 0.2) is 18.2 Å². The zero-order valence-electron chi connectivity index (χ0n) is 11.2. The molecule has 108 valence electrons. The summed E-state index contributed by atoms with van der Waals surface area (Å²) in [4.78, 5) is 26.6. The van der Waals surface area contributed by atoms with E-state index >= 15 is 0 Å². The molecule has 0 unspecified atom stereocenters. The summed E-state index contributed by atoms with van der Waals surface area (Å²) in [7, 11) is 0. The van der Waals surface area contributed by atoms with Gasteiger partial charge in [-0.1, -0.05) is 18.5 Å². The van der Waals surface area contributed by atoms with Crippen molar-refractivity contribution in [3.8, 4) is 0 Å². The summed E-state index contributed by atoms with van der Waals surface area (Å²) < 4.78 is 0. The van der Waals surface area contributed by atoms with E-state index in [4.69, 9.17) is 11.6 Å². The number of nitrogens with zero attached hydrogens (tertiary/aromatic N) is 3. The first kappa shape index (κ1) is 14.7. The van der Waals surface area contributed by atoms with Crippen molar-refractivity contribution in [3.63, 3.8) is 0 Å². The Morgan fingerprint density at radius 1 is 1.35 bits per heavy atom. The number of nitro groups is 1. The average Bonchev–Trinajstić information content (AvgIpc) is 2.47. The fourth-order valence-electron chi connectivity index (χ4n) is 2.24. The van der Waals surface area contributed by atoms with Gasteiger partial charge in [0.15, 0.2) is 0 Å². The number of piperazine rings is 1. The van der Waals surface area contributed by atoms with Gasteiger partial charge in [0.25, 0.3) is 11.6 Å². The number of carbonyl (C=O) groups is 1. The molecule has 0 radical (unpaired) electrons. The first-order chi connectivity index (χ1) is 9.52. The highest BCUT2D eigenvalue weighted by Crippen LogP contribution is 2.25. The minimum absolute atomic E-state index is 0.0438. The van der Waals surface area contributed by atoms with Gasteiger partial charge in [0.2, 0.25) is 0 Å². The predicted octanol–water partition coefficient (Wildman–Crippen LogP) is 2.03. The van der Waals surface area contributed by atoms with Crippen LogP contribution in [-0.2, 0) is 0 Å². The van der Waals surface area contributed by atoms with Crippen LogP contribution in [0, 0.1) is 10.1 Å². The van der Waals surface area contributed by atoms with Crippen LogP contribution in [0.2, 0.25) is 5.02 Å². The van der Waals surface area contributed by atoms with E-state index in [0.29, 0.717) is 18.7 Å². The Hall–Kier alpha value is -1.66. The molecule has 7 heteroatoms. The molecule has 0 spiro atoms. The van der Waals surface area contributed by atoms with Gasteiger partial charge in [0, 0.05) is 37.8 Å². The van der Waals surface area contributed by atoms with E-state index < -0.39 is 4.92 Å². The van der Waals surface area contributed by atoms with Crippen molar-refractivity contribution >= 4 is 23.2 Å². The lowest BCUT2D eigenvalue weighted by Crippen LogP contribution is -2.48. The minimum Gasteiger partial charge on any atom is -0.336 e. The van der Waals surface area contributed by atoms with Gasteiger partial charge in [-0.05, 0) is 18.7 Å². The Kier molecular flexibility index (Phi) is 4.57. The Labute approximate surface area is 122 Å². The molecule has 6 nitrogen and oxygen atoms in total. The second kappa shape index (κ2) is 6.19. The summed E-state index contributed by atoms with van der Waals surface area (Å²) in [6, 6.07) is 4.18. The average molecular weight is 298 g/mol. The molecule has 0 bridgehead atoms. The molecule has 0 N–H and O–H groups in total. The first-order valence-electron chi connectivity index (χ1n) is 6.48. The van der Waals surface area contributed by atoms with Crippen LogP contribution >= 0.6 is 11.6 Å². The SMILES string of the molecule is CCN1CCN(C(=O)c2ccc(Cl)c([N+](=O)[O-])c2)CC1. The van der Waals surface area contributed by atoms with Crippen molar-refractivity contribution in [2.24, 2.45) is 0 Å². The van der Waals surface area contributed by atoms with Gasteiger partial charge in [-0.15, -0.1) is 0 Å². The van der Waals surface area contributed by atoms with Crippen molar-refractivity contribution in [1.29, 1.82) is 0 Å². The third-order valence-electron chi connectivity index (χ3n) is 3.50. The minimum atomic E-state index is -0.575. The maximum Gasteiger partial charge on any atom is 0.288 e. The highest BCUT2D eigenvalue weighted by atomic mass is 35.5. The molecule has 2 rings (SSSR count). The zero-order chi connectivity index (χ0) is 14.7. The fraction of sp³-hybridized carbons (Fsp3) is 0.462. The quantitative estimate of drug-likeness (QED) is 0.632. The number of hydrogen-bond acceptors (Lipinski definition) is 4. The molecular weight excluding hydrogens is 282 g/mol. The highest BCUT2D eigenvalue weighted by Gasteiger charge is 2.23. The number of amides is 1. The highest BCUT2D eigenvalue weighted by molar-refractivity contribution is 6.32. The Balaban J connectivity index is 2.14. The molecule has 1 aliphatic heterocycles. The molecule has 1 heterocycles. The van der Waals surface area contributed by atoms with Crippen molar-refractivity contribution < 1.29 is 9.72 Å². The van der Waals surface area contributed by atoms with Crippen LogP contribution in [0.1, 0.15) is 17.3 Å². The molecule has 0 atom stereocenters. The van der Waals surface area contributed by atoms with Crippen molar-refractivity contribution in [2.75, 3.05) is 32.7 Å². The number of carbonyl (C=O) groups excluding carboxylic acids is 1. The fourth-order valence-corrected chi connectivity index (χ4v) is 2.42. The monoisotopic (exact) mass is 297 g/mol. The number of nitro benzene ring substituents is 1. The molecule has 1 fully saturated rings. The second-order valence-corrected chi connectivity index (χ2v) is 5.06. The Morgan fingerprint density at radius 3 is 2.55 bits per heavy atom. The lowest BCUT2D eigenvalue weighted by atomic mass is 10.1. The van der Waals surface area contributed by atoms with E-state index in [1.54, 1.807) is 4.90 Å². The Morgan fingerprint density at radius 2 is 2.00 bits per heavy atom. The van der Waals surface area contributed by atoms with Crippen LogP contribution in [0.25, 0.3) is 0 Å². The van der Waals surface area contributed by atoms with E-state index in [1.165, 1.54) is 18.2 Å². The molecule has 1 amide bonds. The maximum absolute atomic E-state index is 12.3. The number of hydrogen-bond donors (Lipinski definition) is 0. The van der Waals surface area contributed by atoms with Crippen LogP contribution in [0.4, 0.5) is 5.69 Å². The topological polar surface area (TPSA) is 66.7 Å². The standard InChI is InChI=1S/C13H16ClN3O3/c1-2-15-5-7-16(8-6-15)13(18)10-3-4-11(14)12(9-10)17(19)20/h3-4,9H,2,5-8H2,1H3. The van der Waals surface area contributed by atoms with Crippen molar-refractivity contribution in [1.82, 2.24) is 9.80 Å². The number of benzene rings is 1. The van der Waals surface area contributed by atoms with E-state index in [1.807, 2.05) is 0 Å². The summed E-state index contributed by atoms with van der Waals surface area (Å²) in [5.41, 5.74) is 0.0794. The molecular formula is C13H16ClN3O3. The van der Waals surface area contributed by atoms with E-state index in [-0.39, 0.29) is 16.6 Å².